The van der Waals surface area contributed by atoms with E-state index in [9.17, 15) is 4.79 Å². The first-order valence-electron chi connectivity index (χ1n) is 8.63. The molecule has 0 heterocycles. The molecule has 0 spiro atoms. The molecule has 1 aliphatic carbocycles. The van der Waals surface area contributed by atoms with Crippen molar-refractivity contribution in [2.45, 2.75) is 52.0 Å². The quantitative estimate of drug-likeness (QED) is 0.418. The summed E-state index contributed by atoms with van der Waals surface area (Å²) in [4.78, 5) is 14.2. The number of nitrogens with zero attached hydrogens (tertiary/aromatic N) is 2. The van der Waals surface area contributed by atoms with Crippen molar-refractivity contribution in [3.63, 3.8) is 0 Å². The first kappa shape index (κ1) is 18.9. The molecule has 24 heavy (non-hydrogen) atoms. The molecule has 0 saturated heterocycles. The van der Waals surface area contributed by atoms with E-state index in [-0.39, 0.29) is 0 Å². The lowest BCUT2D eigenvalue weighted by Crippen LogP contribution is -2.40. The molecule has 1 aromatic carbocycles. The van der Waals surface area contributed by atoms with E-state index >= 15 is 0 Å². The van der Waals surface area contributed by atoms with Crippen LogP contribution in [0.1, 0.15) is 44.2 Å². The highest BCUT2D eigenvalue weighted by atomic mass is 79.9. The maximum atomic E-state index is 11.6. The van der Waals surface area contributed by atoms with Gasteiger partial charge in [0.2, 0.25) is 0 Å². The number of hydrogen-bond acceptors (Lipinski definition) is 4. The number of hydrogen-bond donors (Lipinski definition) is 2. The summed E-state index contributed by atoms with van der Waals surface area (Å²) in [6, 6.07) is 4.62. The zero-order valence-electron chi connectivity index (χ0n) is 14.4. The number of rotatable bonds is 7. The molecule has 0 saturated carbocycles. The van der Waals surface area contributed by atoms with E-state index < -0.39 is 5.91 Å². The topological polar surface area (TPSA) is 64.9 Å². The molecule has 1 atom stereocenters. The molecule has 0 fully saturated rings. The van der Waals surface area contributed by atoms with E-state index in [4.69, 9.17) is 5.21 Å². The lowest BCUT2D eigenvalue weighted by molar-refractivity contribution is -0.110. The van der Waals surface area contributed by atoms with E-state index in [0.717, 1.165) is 48.7 Å². The van der Waals surface area contributed by atoms with Crippen LogP contribution in [0, 0.1) is 0 Å². The molecule has 132 valence electrons. The van der Waals surface area contributed by atoms with Crippen LogP contribution in [0.2, 0.25) is 0 Å². The summed E-state index contributed by atoms with van der Waals surface area (Å²) < 4.78 is 0.940. The van der Waals surface area contributed by atoms with Gasteiger partial charge in [0.1, 0.15) is 6.21 Å². The predicted octanol–water partition coefficient (Wildman–Crippen LogP) is 3.83. The number of carbonyl (C=O) groups is 1. The minimum absolute atomic E-state index is 0.441. The van der Waals surface area contributed by atoms with Gasteiger partial charge in [0, 0.05) is 10.5 Å². The highest BCUT2D eigenvalue weighted by Gasteiger charge is 2.25. The summed E-state index contributed by atoms with van der Waals surface area (Å²) >= 11 is 3.63. The minimum Gasteiger partial charge on any atom is -0.411 e. The third kappa shape index (κ3) is 4.57. The summed E-state index contributed by atoms with van der Waals surface area (Å²) in [5, 5.41) is 13.9. The Morgan fingerprint density at radius 3 is 2.75 bits per heavy atom. The molecule has 1 aliphatic rings. The number of fused-ring (bicyclic) bond motifs is 1. The van der Waals surface area contributed by atoms with Crippen LogP contribution in [0.5, 0.6) is 0 Å². The van der Waals surface area contributed by atoms with Crippen molar-refractivity contribution in [3.8, 4) is 0 Å². The number of carbonyl (C=O) groups excluding carboxylic acids is 1. The fraction of sp³-hybridized carbons (Fsp3) is 0.556. The van der Waals surface area contributed by atoms with Gasteiger partial charge in [0.25, 0.3) is 5.91 Å². The highest BCUT2D eigenvalue weighted by Crippen LogP contribution is 2.35. The Kier molecular flexibility index (Phi) is 7.24. The van der Waals surface area contributed by atoms with Crippen LogP contribution in [-0.2, 0) is 17.6 Å². The lowest BCUT2D eigenvalue weighted by Gasteiger charge is -2.35. The maximum absolute atomic E-state index is 11.6. The third-order valence-corrected chi connectivity index (χ3v) is 5.40. The Morgan fingerprint density at radius 1 is 1.42 bits per heavy atom. The molecule has 5 nitrogen and oxygen atoms in total. The molecule has 1 unspecified atom stereocenters. The maximum Gasteiger partial charge on any atom is 0.270 e. The van der Waals surface area contributed by atoms with E-state index in [1.54, 1.807) is 0 Å². The Morgan fingerprint density at radius 2 is 2.12 bits per heavy atom. The van der Waals surface area contributed by atoms with Crippen LogP contribution < -0.4 is 5.32 Å². The number of amides is 1. The van der Waals surface area contributed by atoms with Crippen molar-refractivity contribution in [3.05, 3.63) is 27.7 Å². The Bertz CT molecular complexity index is 598. The fourth-order valence-corrected chi connectivity index (χ4v) is 4.15. The zero-order valence-corrected chi connectivity index (χ0v) is 16.0. The minimum atomic E-state index is -0.441. The van der Waals surface area contributed by atoms with Gasteiger partial charge in [-0.25, -0.2) is 0 Å². The van der Waals surface area contributed by atoms with Crippen molar-refractivity contribution in [2.75, 3.05) is 18.4 Å². The Balaban J connectivity index is 2.15. The smallest absolute Gasteiger partial charge is 0.270 e. The van der Waals surface area contributed by atoms with E-state index in [1.165, 1.54) is 24.0 Å². The van der Waals surface area contributed by atoms with Crippen molar-refractivity contribution in [1.82, 2.24) is 4.90 Å². The first-order chi connectivity index (χ1) is 11.6. The average molecular weight is 396 g/mol. The van der Waals surface area contributed by atoms with E-state index in [1.807, 2.05) is 6.07 Å². The van der Waals surface area contributed by atoms with Crippen LogP contribution in [-0.4, -0.2) is 41.4 Å². The van der Waals surface area contributed by atoms with Crippen LogP contribution in [0.4, 0.5) is 5.69 Å². The van der Waals surface area contributed by atoms with Gasteiger partial charge < -0.3 is 15.4 Å². The third-order valence-electron chi connectivity index (χ3n) is 4.49. The van der Waals surface area contributed by atoms with E-state index in [2.05, 4.69) is 51.2 Å². The van der Waals surface area contributed by atoms with Gasteiger partial charge in [-0.15, -0.1) is 0 Å². The summed E-state index contributed by atoms with van der Waals surface area (Å²) in [5.41, 5.74) is 3.35. The average Bonchev–Trinajstić information content (AvgIpc) is 2.57. The van der Waals surface area contributed by atoms with Crippen LogP contribution in [0.15, 0.2) is 21.8 Å². The standard InChI is InChI=1S/C18H26BrN3O2/c1-3-9-22(10-4-2)14-6-7-15-13(11-14)5-8-16(18(15)19)21-17(23)12-20-24/h5,8,12,14,24H,3-4,6-7,9-11H2,1-2H3,(H,21,23)/b20-12-. The van der Waals surface area contributed by atoms with Crippen LogP contribution in [0.3, 0.4) is 0 Å². The number of benzene rings is 1. The number of nitrogens with one attached hydrogen (secondary N) is 1. The Labute approximate surface area is 152 Å². The monoisotopic (exact) mass is 395 g/mol. The first-order valence-corrected chi connectivity index (χ1v) is 9.42. The van der Waals surface area contributed by atoms with Crippen molar-refractivity contribution < 1.29 is 10.0 Å². The predicted molar refractivity (Wildman–Crippen MR) is 101 cm³/mol. The molecule has 0 aliphatic heterocycles. The summed E-state index contributed by atoms with van der Waals surface area (Å²) in [7, 11) is 0. The molecule has 2 N–H and O–H groups in total. The second kappa shape index (κ2) is 9.18. The number of halogens is 1. The van der Waals surface area contributed by atoms with E-state index in [0.29, 0.717) is 6.04 Å². The largest absolute Gasteiger partial charge is 0.411 e. The Hall–Kier alpha value is -1.40. The van der Waals surface area contributed by atoms with Gasteiger partial charge in [-0.2, -0.15) is 0 Å². The van der Waals surface area contributed by atoms with Gasteiger partial charge in [-0.3, -0.25) is 4.79 Å². The van der Waals surface area contributed by atoms with Crippen LogP contribution >= 0.6 is 15.9 Å². The van der Waals surface area contributed by atoms with Crippen molar-refractivity contribution >= 4 is 33.7 Å². The summed E-state index contributed by atoms with van der Waals surface area (Å²) in [5.74, 6) is -0.441. The zero-order chi connectivity index (χ0) is 17.5. The molecule has 0 radical (unpaired) electrons. The van der Waals surface area contributed by atoms with Gasteiger partial charge >= 0.3 is 0 Å². The molecule has 0 aromatic heterocycles. The number of anilines is 1. The van der Waals surface area contributed by atoms with Crippen molar-refractivity contribution in [2.24, 2.45) is 5.16 Å². The van der Waals surface area contributed by atoms with Crippen LogP contribution in [0.25, 0.3) is 0 Å². The molecule has 1 aromatic rings. The molecular formula is C18H26BrN3O2. The summed E-state index contributed by atoms with van der Waals surface area (Å²) in [6.07, 6.45) is 6.42. The molecule has 6 heteroatoms. The lowest BCUT2D eigenvalue weighted by atomic mass is 9.87. The SMILES string of the molecule is CCCN(CCC)C1CCc2c(ccc(NC(=O)/C=N\O)c2Br)C1. The highest BCUT2D eigenvalue weighted by molar-refractivity contribution is 9.10. The molecule has 0 bridgehead atoms. The second-order valence-corrected chi connectivity index (χ2v) is 7.02. The fourth-order valence-electron chi connectivity index (χ4n) is 3.47. The van der Waals surface area contributed by atoms with Gasteiger partial charge in [0.15, 0.2) is 0 Å². The van der Waals surface area contributed by atoms with Gasteiger partial charge in [-0.05, 0) is 78.3 Å². The van der Waals surface area contributed by atoms with Crippen molar-refractivity contribution in [1.29, 1.82) is 0 Å². The normalized spacial score (nSPS) is 17.2. The van der Waals surface area contributed by atoms with Gasteiger partial charge in [0.05, 0.1) is 5.69 Å². The number of oxime groups is 1. The summed E-state index contributed by atoms with van der Waals surface area (Å²) in [6.45, 7) is 6.79. The molecule has 2 rings (SSSR count). The van der Waals surface area contributed by atoms with Gasteiger partial charge in [-0.1, -0.05) is 25.1 Å². The molecule has 1 amide bonds. The second-order valence-electron chi connectivity index (χ2n) is 6.23. The molecular weight excluding hydrogens is 370 g/mol.